The molecule has 4 heterocycles. The van der Waals surface area contributed by atoms with Crippen LogP contribution in [0.25, 0.3) is 22.6 Å². The summed E-state index contributed by atoms with van der Waals surface area (Å²) in [6, 6.07) is 25.0. The number of rotatable bonds is 13. The first-order chi connectivity index (χ1) is 24.5. The molecule has 13 nitrogen and oxygen atoms in total. The second kappa shape index (κ2) is 15.6. The van der Waals surface area contributed by atoms with Gasteiger partial charge >= 0.3 is 6.03 Å². The molecule has 2 N–H and O–H groups in total. The minimum absolute atomic E-state index is 0.310. The van der Waals surface area contributed by atoms with E-state index in [0.29, 0.717) is 36.2 Å². The maximum absolute atomic E-state index is 12.5. The third kappa shape index (κ3) is 8.36. The number of nitrogens with one attached hydrogen (secondary N) is 2. The minimum Gasteiger partial charge on any atom is -0.494 e. The zero-order chi connectivity index (χ0) is 34.3. The van der Waals surface area contributed by atoms with E-state index >= 15 is 0 Å². The number of morpholine rings is 1. The van der Waals surface area contributed by atoms with Gasteiger partial charge in [-0.1, -0.05) is 35.5 Å². The average molecular weight is 677 g/mol. The lowest BCUT2D eigenvalue weighted by atomic mass is 9.99. The first-order valence-corrected chi connectivity index (χ1v) is 17.2. The van der Waals surface area contributed by atoms with Crippen LogP contribution in [-0.2, 0) is 17.8 Å². The highest BCUT2D eigenvalue weighted by atomic mass is 16.5. The van der Waals surface area contributed by atoms with Crippen molar-refractivity contribution in [3.63, 3.8) is 0 Å². The fourth-order valence-corrected chi connectivity index (χ4v) is 6.29. The standard InChI is InChI=1S/C37H44N10O3/c1-44(2)17-6-20-50-32-15-9-27(10-16-32)23-45-24-28(25-45)26-47-36-33(42-43-47)35(46-18-21-49-22-19-46)40-34(41-36)29-11-13-31(14-12-29)39-37(48)38-30-7-4-3-5-8-30/h3-5,7-16,28H,6,17-26H2,1-2H3,(H2,38,39,48). The van der Waals surface area contributed by atoms with Gasteiger partial charge in [0.2, 0.25) is 0 Å². The number of likely N-dealkylation sites (tertiary alicyclic amines) is 1. The lowest BCUT2D eigenvalue weighted by molar-refractivity contribution is 0.0781. The Kier molecular flexibility index (Phi) is 10.4. The predicted molar refractivity (Wildman–Crippen MR) is 195 cm³/mol. The molecule has 0 bridgehead atoms. The summed E-state index contributed by atoms with van der Waals surface area (Å²) >= 11 is 0. The molecule has 260 valence electrons. The van der Waals surface area contributed by atoms with Gasteiger partial charge in [0.15, 0.2) is 22.8 Å². The Morgan fingerprint density at radius 3 is 2.36 bits per heavy atom. The Morgan fingerprint density at radius 1 is 0.920 bits per heavy atom. The summed E-state index contributed by atoms with van der Waals surface area (Å²) < 4.78 is 13.4. The van der Waals surface area contributed by atoms with Crippen molar-refractivity contribution in [1.82, 2.24) is 34.8 Å². The summed E-state index contributed by atoms with van der Waals surface area (Å²) in [7, 11) is 4.16. The quantitative estimate of drug-likeness (QED) is 0.168. The van der Waals surface area contributed by atoms with Crippen molar-refractivity contribution in [2.75, 3.05) is 82.2 Å². The van der Waals surface area contributed by atoms with Gasteiger partial charge in [-0.25, -0.2) is 19.4 Å². The number of para-hydroxylation sites is 1. The number of carbonyl (C=O) groups excluding carboxylic acids is 1. The summed E-state index contributed by atoms with van der Waals surface area (Å²) in [6.07, 6.45) is 1.01. The maximum Gasteiger partial charge on any atom is 0.323 e. The number of urea groups is 1. The van der Waals surface area contributed by atoms with Crippen LogP contribution in [0.1, 0.15) is 12.0 Å². The molecule has 3 aromatic carbocycles. The third-order valence-electron chi connectivity index (χ3n) is 8.90. The molecule has 5 aromatic rings. The van der Waals surface area contributed by atoms with E-state index < -0.39 is 0 Å². The number of nitrogens with zero attached hydrogens (tertiary/aromatic N) is 8. The number of hydrogen-bond acceptors (Lipinski definition) is 10. The van der Waals surface area contributed by atoms with Crippen molar-refractivity contribution in [3.05, 3.63) is 84.4 Å². The predicted octanol–water partition coefficient (Wildman–Crippen LogP) is 4.83. The van der Waals surface area contributed by atoms with Crippen molar-refractivity contribution < 1.29 is 14.3 Å². The number of amides is 2. The number of aromatic nitrogens is 5. The Morgan fingerprint density at radius 2 is 1.64 bits per heavy atom. The van der Waals surface area contributed by atoms with Crippen LogP contribution in [0.3, 0.4) is 0 Å². The highest BCUT2D eigenvalue weighted by Crippen LogP contribution is 2.29. The van der Waals surface area contributed by atoms with Crippen LogP contribution in [0.2, 0.25) is 0 Å². The first-order valence-electron chi connectivity index (χ1n) is 17.2. The van der Waals surface area contributed by atoms with Gasteiger partial charge in [-0.3, -0.25) is 4.90 Å². The second-order valence-electron chi connectivity index (χ2n) is 13.1. The Bertz CT molecular complexity index is 1850. The maximum atomic E-state index is 12.5. The Hall–Kier alpha value is -5.11. The van der Waals surface area contributed by atoms with Crippen molar-refractivity contribution in [2.24, 2.45) is 5.92 Å². The fraction of sp³-hybridized carbons (Fsp3) is 0.378. The van der Waals surface area contributed by atoms with E-state index in [9.17, 15) is 4.79 Å². The van der Waals surface area contributed by atoms with Gasteiger partial charge in [0, 0.05) is 62.1 Å². The van der Waals surface area contributed by atoms with Gasteiger partial charge in [0.1, 0.15) is 5.75 Å². The molecule has 0 unspecified atom stereocenters. The Labute approximate surface area is 292 Å². The van der Waals surface area contributed by atoms with E-state index in [2.05, 4.69) is 74.0 Å². The van der Waals surface area contributed by atoms with Crippen LogP contribution >= 0.6 is 0 Å². The van der Waals surface area contributed by atoms with Gasteiger partial charge in [-0.2, -0.15) is 0 Å². The molecule has 7 rings (SSSR count). The SMILES string of the molecule is CN(C)CCCOc1ccc(CN2CC(Cn3nnc4c(N5CCOCC5)nc(-c5ccc(NC(=O)Nc6ccccc6)cc5)nc43)C2)cc1. The molecule has 2 fully saturated rings. The second-order valence-corrected chi connectivity index (χ2v) is 13.1. The largest absolute Gasteiger partial charge is 0.494 e. The van der Waals surface area contributed by atoms with E-state index in [0.717, 1.165) is 87.3 Å². The number of benzene rings is 3. The van der Waals surface area contributed by atoms with E-state index in [4.69, 9.17) is 19.4 Å². The molecule has 0 aliphatic carbocycles. The summed E-state index contributed by atoms with van der Waals surface area (Å²) in [5.41, 5.74) is 4.93. The fourth-order valence-electron chi connectivity index (χ4n) is 6.29. The smallest absolute Gasteiger partial charge is 0.323 e. The highest BCUT2D eigenvalue weighted by Gasteiger charge is 2.29. The molecule has 2 aromatic heterocycles. The van der Waals surface area contributed by atoms with Gasteiger partial charge in [-0.15, -0.1) is 5.10 Å². The van der Waals surface area contributed by atoms with Crippen molar-refractivity contribution >= 4 is 34.4 Å². The van der Waals surface area contributed by atoms with Crippen LogP contribution in [0, 0.1) is 5.92 Å². The van der Waals surface area contributed by atoms with E-state index in [1.54, 1.807) is 0 Å². The molecule has 0 atom stereocenters. The topological polar surface area (TPSA) is 126 Å². The van der Waals surface area contributed by atoms with Crippen molar-refractivity contribution in [1.29, 1.82) is 0 Å². The van der Waals surface area contributed by atoms with Crippen molar-refractivity contribution in [3.8, 4) is 17.1 Å². The summed E-state index contributed by atoms with van der Waals surface area (Å²) in [4.78, 5) is 29.3. The molecule has 2 amide bonds. The van der Waals surface area contributed by atoms with Crippen LogP contribution in [0.4, 0.5) is 22.0 Å². The van der Waals surface area contributed by atoms with Crippen LogP contribution in [0.15, 0.2) is 78.9 Å². The zero-order valence-electron chi connectivity index (χ0n) is 28.7. The first kappa shape index (κ1) is 33.4. The van der Waals surface area contributed by atoms with Crippen molar-refractivity contribution in [2.45, 2.75) is 19.5 Å². The average Bonchev–Trinajstić information content (AvgIpc) is 3.53. The van der Waals surface area contributed by atoms with E-state index in [-0.39, 0.29) is 6.03 Å². The monoisotopic (exact) mass is 676 g/mol. The molecule has 50 heavy (non-hydrogen) atoms. The molecule has 2 aliphatic rings. The lowest BCUT2D eigenvalue weighted by Gasteiger charge is -2.39. The molecule has 0 saturated carbocycles. The van der Waals surface area contributed by atoms with E-state index in [1.807, 2.05) is 59.3 Å². The molecular formula is C37H44N10O3. The molecule has 2 aliphatic heterocycles. The van der Waals surface area contributed by atoms with Crippen LogP contribution in [-0.4, -0.2) is 107 Å². The molecule has 2 saturated heterocycles. The molecular weight excluding hydrogens is 632 g/mol. The minimum atomic E-state index is -0.310. The third-order valence-corrected chi connectivity index (χ3v) is 8.90. The summed E-state index contributed by atoms with van der Waals surface area (Å²) in [5.74, 6) is 2.72. The number of hydrogen-bond donors (Lipinski definition) is 2. The van der Waals surface area contributed by atoms with E-state index in [1.165, 1.54) is 5.56 Å². The van der Waals surface area contributed by atoms with Gasteiger partial charge in [0.05, 0.1) is 26.4 Å². The number of carbonyl (C=O) groups is 1. The highest BCUT2D eigenvalue weighted by molar-refractivity contribution is 5.99. The summed E-state index contributed by atoms with van der Waals surface area (Å²) in [6.45, 7) is 8.03. The van der Waals surface area contributed by atoms with Gasteiger partial charge in [0.25, 0.3) is 0 Å². The lowest BCUT2D eigenvalue weighted by Crippen LogP contribution is -2.47. The number of anilines is 3. The van der Waals surface area contributed by atoms with Crippen LogP contribution in [0.5, 0.6) is 5.75 Å². The number of fused-ring (bicyclic) bond motifs is 1. The normalized spacial score (nSPS) is 15.3. The van der Waals surface area contributed by atoms with Gasteiger partial charge in [-0.05, 0) is 74.6 Å². The van der Waals surface area contributed by atoms with Crippen LogP contribution < -0.4 is 20.3 Å². The van der Waals surface area contributed by atoms with Gasteiger partial charge < -0.3 is 29.9 Å². The molecule has 0 spiro atoms. The zero-order valence-corrected chi connectivity index (χ0v) is 28.7. The Balaban J connectivity index is 1.01. The summed E-state index contributed by atoms with van der Waals surface area (Å²) in [5, 5.41) is 14.9. The number of ether oxygens (including phenoxy) is 2. The molecule has 0 radical (unpaired) electrons. The molecule has 13 heteroatoms.